The number of rotatable bonds is 8. The first kappa shape index (κ1) is 26.6. The number of hydrogen-bond donors (Lipinski definition) is 1. The predicted octanol–water partition coefficient (Wildman–Crippen LogP) is 6.22. The molecule has 8 nitrogen and oxygen atoms in total. The van der Waals surface area contributed by atoms with Gasteiger partial charge in [-0.1, -0.05) is 29.8 Å². The van der Waals surface area contributed by atoms with Crippen molar-refractivity contribution in [3.63, 3.8) is 0 Å². The minimum Gasteiger partial charge on any atom is -0.478 e. The highest BCUT2D eigenvalue weighted by Crippen LogP contribution is 2.47. The lowest BCUT2D eigenvalue weighted by Gasteiger charge is -2.39. The summed E-state index contributed by atoms with van der Waals surface area (Å²) in [6.07, 6.45) is 5.81. The van der Waals surface area contributed by atoms with E-state index < -0.39 is 5.97 Å². The van der Waals surface area contributed by atoms with Gasteiger partial charge in [0.05, 0.1) is 11.6 Å². The van der Waals surface area contributed by atoms with Crippen molar-refractivity contribution in [3.05, 3.63) is 88.6 Å². The predicted molar refractivity (Wildman–Crippen MR) is 152 cm³/mol. The Bertz CT molecular complexity index is 1390. The third kappa shape index (κ3) is 5.51. The van der Waals surface area contributed by atoms with Crippen LogP contribution in [-0.4, -0.2) is 68.0 Å². The lowest BCUT2D eigenvalue weighted by Crippen LogP contribution is -2.48. The smallest absolute Gasteiger partial charge is 0.335 e. The van der Waals surface area contributed by atoms with Gasteiger partial charge in [0, 0.05) is 55.0 Å². The zero-order valence-corrected chi connectivity index (χ0v) is 23.3. The first-order chi connectivity index (χ1) is 19.3. The van der Waals surface area contributed by atoms with Crippen LogP contribution < -0.4 is 4.74 Å². The van der Waals surface area contributed by atoms with Gasteiger partial charge in [0.2, 0.25) is 5.88 Å². The van der Waals surface area contributed by atoms with Crippen molar-refractivity contribution in [1.82, 2.24) is 19.7 Å². The molecule has 0 spiro atoms. The number of amides is 2. The molecule has 3 heterocycles. The fraction of sp³-hybridized carbons (Fsp3) is 0.387. The van der Waals surface area contributed by atoms with Crippen LogP contribution in [0.25, 0.3) is 0 Å². The summed E-state index contributed by atoms with van der Waals surface area (Å²) in [6.45, 7) is 5.51. The van der Waals surface area contributed by atoms with Gasteiger partial charge in [-0.15, -0.1) is 0 Å². The van der Waals surface area contributed by atoms with Gasteiger partial charge in [-0.2, -0.15) is 0 Å². The molecule has 2 saturated heterocycles. The maximum Gasteiger partial charge on any atom is 0.335 e. The summed E-state index contributed by atoms with van der Waals surface area (Å²) in [4.78, 5) is 35.8. The Balaban J connectivity index is 1.07. The third-order valence-corrected chi connectivity index (χ3v) is 8.71. The standard InChI is InChI=1S/C31H33ClN4O4/c1-31(13-14-31)35-20-27(23-3-2-4-24(32)17-23)36(30(35)39)25-11-15-34(16-12-25)19-21-5-10-28(33-18-21)40-26-8-6-22(7-9-26)29(37)38/h2-10,17-18,25,27H,11-16,19-20H2,1H3,(H,37,38)/t27-/m0/s1. The molecule has 0 unspecified atom stereocenters. The van der Waals surface area contributed by atoms with Gasteiger partial charge in [0.1, 0.15) is 5.75 Å². The van der Waals surface area contributed by atoms with Crippen LogP contribution in [0.5, 0.6) is 11.6 Å². The number of likely N-dealkylation sites (tertiary alicyclic amines) is 1. The van der Waals surface area contributed by atoms with Gasteiger partial charge in [-0.25, -0.2) is 14.6 Å². The van der Waals surface area contributed by atoms with E-state index in [1.54, 1.807) is 12.1 Å². The Hall–Kier alpha value is -3.62. The molecule has 3 aliphatic rings. The average Bonchev–Trinajstić information content (AvgIpc) is 3.60. The number of nitrogens with zero attached hydrogens (tertiary/aromatic N) is 4. The van der Waals surface area contributed by atoms with E-state index in [1.165, 1.54) is 12.1 Å². The lowest BCUT2D eigenvalue weighted by atomic mass is 9.99. The molecule has 6 rings (SSSR count). The van der Waals surface area contributed by atoms with E-state index in [-0.39, 0.29) is 29.2 Å². The van der Waals surface area contributed by atoms with E-state index in [9.17, 15) is 9.59 Å². The SMILES string of the molecule is CC1(N2C[C@@H](c3cccc(Cl)c3)N(C3CCN(Cc4ccc(Oc5ccc(C(=O)O)cc5)nc4)CC3)C2=O)CC1. The summed E-state index contributed by atoms with van der Waals surface area (Å²) in [6, 6.07) is 18.4. The molecule has 2 amide bonds. The number of pyridine rings is 1. The minimum atomic E-state index is -0.972. The van der Waals surface area contributed by atoms with Crippen LogP contribution in [0.1, 0.15) is 60.1 Å². The van der Waals surface area contributed by atoms with Crippen molar-refractivity contribution in [2.75, 3.05) is 19.6 Å². The minimum absolute atomic E-state index is 0.00579. The Kier molecular flexibility index (Phi) is 7.15. The number of piperidine rings is 1. The molecule has 3 aromatic rings. The second kappa shape index (κ2) is 10.7. The van der Waals surface area contributed by atoms with E-state index >= 15 is 0 Å². The number of benzene rings is 2. The van der Waals surface area contributed by atoms with Crippen molar-refractivity contribution >= 4 is 23.6 Å². The summed E-state index contributed by atoms with van der Waals surface area (Å²) in [5, 5.41) is 9.75. The van der Waals surface area contributed by atoms with Crippen molar-refractivity contribution < 1.29 is 19.4 Å². The normalized spacial score (nSPS) is 21.1. The van der Waals surface area contributed by atoms with Crippen molar-refractivity contribution in [2.24, 2.45) is 0 Å². The molecule has 2 aliphatic heterocycles. The quantitative estimate of drug-likeness (QED) is 0.352. The fourth-order valence-electron chi connectivity index (χ4n) is 5.87. The van der Waals surface area contributed by atoms with Crippen LogP contribution in [0.3, 0.4) is 0 Å². The second-order valence-corrected chi connectivity index (χ2v) is 11.7. The largest absolute Gasteiger partial charge is 0.478 e. The topological polar surface area (TPSA) is 86.2 Å². The lowest BCUT2D eigenvalue weighted by molar-refractivity contribution is 0.0696. The van der Waals surface area contributed by atoms with Crippen LogP contribution >= 0.6 is 11.6 Å². The Morgan fingerprint density at radius 1 is 1.10 bits per heavy atom. The fourth-order valence-corrected chi connectivity index (χ4v) is 6.07. The van der Waals surface area contributed by atoms with Crippen molar-refractivity contribution in [2.45, 2.75) is 56.8 Å². The van der Waals surface area contributed by atoms with Crippen LogP contribution in [0.2, 0.25) is 5.02 Å². The molecule has 9 heteroatoms. The highest BCUT2D eigenvalue weighted by Gasteiger charge is 2.53. The van der Waals surface area contributed by atoms with E-state index in [0.29, 0.717) is 16.7 Å². The second-order valence-electron chi connectivity index (χ2n) is 11.3. The molecule has 0 radical (unpaired) electrons. The zero-order chi connectivity index (χ0) is 27.9. The Labute approximate surface area is 239 Å². The summed E-state index contributed by atoms with van der Waals surface area (Å²) in [7, 11) is 0. The van der Waals surface area contributed by atoms with E-state index in [2.05, 4.69) is 32.7 Å². The number of carboxylic acid groups (broad SMARTS) is 1. The van der Waals surface area contributed by atoms with E-state index in [0.717, 1.165) is 63.0 Å². The molecular formula is C31H33ClN4O4. The summed E-state index contributed by atoms with van der Waals surface area (Å²) < 4.78 is 5.76. The molecule has 1 atom stereocenters. The average molecular weight is 561 g/mol. The molecule has 1 aliphatic carbocycles. The number of ether oxygens (including phenoxy) is 1. The number of carbonyl (C=O) groups excluding carboxylic acids is 1. The van der Waals surface area contributed by atoms with Gasteiger partial charge in [-0.3, -0.25) is 4.90 Å². The Morgan fingerprint density at radius 3 is 2.48 bits per heavy atom. The van der Waals surface area contributed by atoms with Gasteiger partial charge in [-0.05, 0) is 80.1 Å². The van der Waals surface area contributed by atoms with Gasteiger partial charge in [0.25, 0.3) is 0 Å². The molecule has 3 fully saturated rings. The number of carboxylic acids is 1. The van der Waals surface area contributed by atoms with Gasteiger partial charge >= 0.3 is 12.0 Å². The molecular weight excluding hydrogens is 528 g/mol. The molecule has 1 saturated carbocycles. The van der Waals surface area contributed by atoms with Crippen LogP contribution in [0.4, 0.5) is 4.79 Å². The maximum absolute atomic E-state index is 13.7. The van der Waals surface area contributed by atoms with Crippen molar-refractivity contribution in [1.29, 1.82) is 0 Å². The monoisotopic (exact) mass is 560 g/mol. The summed E-state index contributed by atoms with van der Waals surface area (Å²) in [5.41, 5.74) is 2.41. The first-order valence-electron chi connectivity index (χ1n) is 13.8. The van der Waals surface area contributed by atoms with Crippen LogP contribution in [0.15, 0.2) is 66.9 Å². The van der Waals surface area contributed by atoms with E-state index in [1.807, 2.05) is 36.5 Å². The Morgan fingerprint density at radius 2 is 1.85 bits per heavy atom. The summed E-state index contributed by atoms with van der Waals surface area (Å²) in [5.74, 6) is 0.0220. The number of aromatic nitrogens is 1. The first-order valence-corrected chi connectivity index (χ1v) is 14.2. The molecule has 2 aromatic carbocycles. The van der Waals surface area contributed by atoms with Gasteiger partial charge in [0.15, 0.2) is 0 Å². The van der Waals surface area contributed by atoms with E-state index in [4.69, 9.17) is 21.4 Å². The number of carbonyl (C=O) groups is 2. The molecule has 208 valence electrons. The van der Waals surface area contributed by atoms with Crippen molar-refractivity contribution in [3.8, 4) is 11.6 Å². The number of halogens is 1. The number of hydrogen-bond acceptors (Lipinski definition) is 5. The molecule has 40 heavy (non-hydrogen) atoms. The maximum atomic E-state index is 13.7. The molecule has 1 N–H and O–H groups in total. The zero-order valence-electron chi connectivity index (χ0n) is 22.5. The van der Waals surface area contributed by atoms with Crippen LogP contribution in [-0.2, 0) is 6.54 Å². The van der Waals surface area contributed by atoms with Crippen LogP contribution in [0, 0.1) is 0 Å². The summed E-state index contributed by atoms with van der Waals surface area (Å²) >= 11 is 6.34. The highest BCUT2D eigenvalue weighted by atomic mass is 35.5. The molecule has 0 bridgehead atoms. The third-order valence-electron chi connectivity index (χ3n) is 8.48. The molecule has 1 aromatic heterocycles. The highest BCUT2D eigenvalue weighted by molar-refractivity contribution is 6.30. The number of urea groups is 1. The van der Waals surface area contributed by atoms with Gasteiger partial charge < -0.3 is 19.6 Å². The number of aromatic carboxylic acids is 1.